The Morgan fingerprint density at radius 2 is 2.12 bits per heavy atom. The molecule has 0 bridgehead atoms. The lowest BCUT2D eigenvalue weighted by molar-refractivity contribution is -0.0183. The van der Waals surface area contributed by atoms with Crippen LogP contribution in [0.3, 0.4) is 0 Å². The second-order valence-electron chi connectivity index (χ2n) is 3.43. The van der Waals surface area contributed by atoms with Crippen molar-refractivity contribution in [2.45, 2.75) is 17.6 Å². The van der Waals surface area contributed by atoms with E-state index in [0.717, 1.165) is 5.56 Å². The summed E-state index contributed by atoms with van der Waals surface area (Å²) < 4.78 is 4.08. The van der Waals surface area contributed by atoms with Crippen molar-refractivity contribution >= 4 is 34.2 Å². The Bertz CT molecular complexity index is 409. The highest BCUT2D eigenvalue weighted by Gasteiger charge is 2.20. The Morgan fingerprint density at radius 3 is 2.62 bits per heavy atom. The molecule has 0 fully saturated rings. The molecule has 1 unspecified atom stereocenters. The van der Waals surface area contributed by atoms with Crippen LogP contribution in [0.5, 0.6) is 5.75 Å². The maximum Gasteiger partial charge on any atom is 0.257 e. The number of rotatable bonds is 3. The lowest BCUT2D eigenvalue weighted by Gasteiger charge is -2.20. The van der Waals surface area contributed by atoms with E-state index in [1.165, 1.54) is 6.92 Å². The third-order valence-electron chi connectivity index (χ3n) is 1.73. The van der Waals surface area contributed by atoms with Gasteiger partial charge in [0.25, 0.3) is 3.79 Å². The second-order valence-corrected chi connectivity index (χ2v) is 5.43. The van der Waals surface area contributed by atoms with Crippen molar-refractivity contribution in [1.29, 1.82) is 0 Å². The zero-order chi connectivity index (χ0) is 12.3. The number of alkyl halides is 1. The number of hydrogen-bond donors (Lipinski definition) is 3. The van der Waals surface area contributed by atoms with Crippen molar-refractivity contribution in [2.75, 3.05) is 0 Å². The van der Waals surface area contributed by atoms with Gasteiger partial charge in [0.1, 0.15) is 5.69 Å². The van der Waals surface area contributed by atoms with Gasteiger partial charge in [0.2, 0.25) is 0 Å². The van der Waals surface area contributed by atoms with Crippen LogP contribution >= 0.6 is 22.6 Å². The third kappa shape index (κ3) is 3.86. The van der Waals surface area contributed by atoms with Crippen molar-refractivity contribution in [3.05, 3.63) is 23.8 Å². The van der Waals surface area contributed by atoms with E-state index in [-0.39, 0.29) is 5.96 Å². The number of guanidine groups is 1. The van der Waals surface area contributed by atoms with E-state index >= 15 is 0 Å². The Kier molecular flexibility index (Phi) is 3.98. The highest BCUT2D eigenvalue weighted by Crippen LogP contribution is 2.34. The molecule has 0 spiro atoms. The average molecular weight is 335 g/mol. The first kappa shape index (κ1) is 13.0. The Labute approximate surface area is 108 Å². The summed E-state index contributed by atoms with van der Waals surface area (Å²) in [6.07, 6.45) is 0. The van der Waals surface area contributed by atoms with Gasteiger partial charge in [-0.3, -0.25) is 0 Å². The van der Waals surface area contributed by atoms with Gasteiger partial charge in [-0.05, 0) is 18.6 Å². The van der Waals surface area contributed by atoms with Crippen LogP contribution in [-0.2, 0) is 0 Å². The average Bonchev–Trinajstić information content (AvgIpc) is 2.08. The van der Waals surface area contributed by atoms with Gasteiger partial charge in [0.15, 0.2) is 11.7 Å². The van der Waals surface area contributed by atoms with Crippen LogP contribution in [0.2, 0.25) is 0 Å². The standard InChI is InChI=1S/C10H14IN3O2/c1-6-4-3-5-7(14-9(12)13)8(6)16-10(2,11)15/h3-5,15H,1-2H3,(H4,12,13,14). The quantitative estimate of drug-likeness (QED) is 0.256. The van der Waals surface area contributed by atoms with Crippen LogP contribution in [-0.4, -0.2) is 14.9 Å². The molecule has 0 amide bonds. The molecule has 0 aliphatic rings. The number of para-hydroxylation sites is 1. The van der Waals surface area contributed by atoms with E-state index in [0.29, 0.717) is 11.4 Å². The Balaban J connectivity index is 3.19. The summed E-state index contributed by atoms with van der Waals surface area (Å²) in [7, 11) is 0. The third-order valence-corrected chi connectivity index (χ3v) is 1.95. The van der Waals surface area contributed by atoms with E-state index in [9.17, 15) is 5.11 Å². The number of benzene rings is 1. The predicted octanol–water partition coefficient (Wildman–Crippen LogP) is 1.38. The Morgan fingerprint density at radius 1 is 1.50 bits per heavy atom. The molecule has 1 aromatic rings. The largest absolute Gasteiger partial charge is 0.451 e. The van der Waals surface area contributed by atoms with Crippen molar-refractivity contribution in [1.82, 2.24) is 0 Å². The minimum Gasteiger partial charge on any atom is -0.451 e. The molecule has 0 aliphatic carbocycles. The van der Waals surface area contributed by atoms with Gasteiger partial charge >= 0.3 is 0 Å². The van der Waals surface area contributed by atoms with Gasteiger partial charge in [-0.15, -0.1) is 0 Å². The zero-order valence-corrected chi connectivity index (χ0v) is 11.2. The summed E-state index contributed by atoms with van der Waals surface area (Å²) >= 11 is 1.77. The second kappa shape index (κ2) is 4.88. The van der Waals surface area contributed by atoms with E-state index in [1.54, 1.807) is 28.7 Å². The molecule has 6 heteroatoms. The number of halogens is 1. The molecule has 0 aliphatic heterocycles. The minimum atomic E-state index is -1.31. The number of nitrogens with two attached hydrogens (primary N) is 2. The highest BCUT2D eigenvalue weighted by atomic mass is 127. The fraction of sp³-hybridized carbons (Fsp3) is 0.300. The SMILES string of the molecule is Cc1cccc(N=C(N)N)c1OC(C)(O)I. The van der Waals surface area contributed by atoms with Gasteiger partial charge in [0, 0.05) is 29.5 Å². The lowest BCUT2D eigenvalue weighted by Crippen LogP contribution is -2.24. The van der Waals surface area contributed by atoms with E-state index in [4.69, 9.17) is 16.2 Å². The molecular formula is C10H14IN3O2. The fourth-order valence-corrected chi connectivity index (χ4v) is 1.40. The van der Waals surface area contributed by atoms with Crippen LogP contribution in [0, 0.1) is 6.92 Å². The van der Waals surface area contributed by atoms with Gasteiger partial charge in [0.05, 0.1) is 0 Å². The van der Waals surface area contributed by atoms with Crippen LogP contribution in [0.15, 0.2) is 23.2 Å². The Hall–Kier alpha value is -1.02. The molecule has 88 valence electrons. The van der Waals surface area contributed by atoms with Gasteiger partial charge in [-0.25, -0.2) is 4.99 Å². The van der Waals surface area contributed by atoms with Crippen molar-refractivity contribution in [3.8, 4) is 5.75 Å². The molecule has 1 aromatic carbocycles. The molecule has 5 nitrogen and oxygen atoms in total. The summed E-state index contributed by atoms with van der Waals surface area (Å²) in [5.41, 5.74) is 12.0. The first-order valence-electron chi connectivity index (χ1n) is 4.59. The summed E-state index contributed by atoms with van der Waals surface area (Å²) in [6, 6.07) is 5.37. The zero-order valence-electron chi connectivity index (χ0n) is 9.07. The number of aliphatic hydroxyl groups is 1. The lowest BCUT2D eigenvalue weighted by atomic mass is 10.2. The number of aliphatic imine (C=N–C) groups is 1. The first-order chi connectivity index (χ1) is 7.29. The summed E-state index contributed by atoms with van der Waals surface area (Å²) in [6.45, 7) is 3.38. The molecular weight excluding hydrogens is 321 g/mol. The number of hydrogen-bond acceptors (Lipinski definition) is 3. The van der Waals surface area contributed by atoms with E-state index < -0.39 is 3.79 Å². The predicted molar refractivity (Wildman–Crippen MR) is 71.9 cm³/mol. The minimum absolute atomic E-state index is 0.0523. The molecule has 0 aromatic heterocycles. The van der Waals surface area contributed by atoms with Crippen LogP contribution in [0.25, 0.3) is 0 Å². The summed E-state index contributed by atoms with van der Waals surface area (Å²) in [5, 5.41) is 9.61. The van der Waals surface area contributed by atoms with Crippen LogP contribution in [0.1, 0.15) is 12.5 Å². The van der Waals surface area contributed by atoms with Gasteiger partial charge in [-0.1, -0.05) is 12.1 Å². The van der Waals surface area contributed by atoms with Gasteiger partial charge < -0.3 is 21.3 Å². The van der Waals surface area contributed by atoms with E-state index in [1.807, 2.05) is 19.1 Å². The molecule has 0 radical (unpaired) electrons. The first-order valence-corrected chi connectivity index (χ1v) is 5.67. The molecule has 1 atom stereocenters. The molecule has 0 saturated heterocycles. The van der Waals surface area contributed by atoms with Crippen molar-refractivity contribution in [3.63, 3.8) is 0 Å². The maximum absolute atomic E-state index is 9.61. The summed E-state index contributed by atoms with van der Waals surface area (Å²) in [4.78, 5) is 3.94. The topological polar surface area (TPSA) is 93.9 Å². The normalized spacial score (nSPS) is 14.0. The molecule has 0 saturated carbocycles. The van der Waals surface area contributed by atoms with Crippen LogP contribution < -0.4 is 16.2 Å². The number of aryl methyl sites for hydroxylation is 1. The maximum atomic E-state index is 9.61. The molecule has 16 heavy (non-hydrogen) atoms. The van der Waals surface area contributed by atoms with Gasteiger partial charge in [-0.2, -0.15) is 0 Å². The highest BCUT2D eigenvalue weighted by molar-refractivity contribution is 14.1. The van der Waals surface area contributed by atoms with Crippen molar-refractivity contribution in [2.24, 2.45) is 16.5 Å². The van der Waals surface area contributed by atoms with E-state index in [2.05, 4.69) is 4.99 Å². The number of ether oxygens (including phenoxy) is 1. The molecule has 0 heterocycles. The molecule has 5 N–H and O–H groups in total. The number of nitrogens with zero attached hydrogens (tertiary/aromatic N) is 1. The molecule has 1 rings (SSSR count). The van der Waals surface area contributed by atoms with Crippen LogP contribution in [0.4, 0.5) is 5.69 Å². The smallest absolute Gasteiger partial charge is 0.257 e. The van der Waals surface area contributed by atoms with Crippen molar-refractivity contribution < 1.29 is 9.84 Å². The fourth-order valence-electron chi connectivity index (χ4n) is 1.18. The monoisotopic (exact) mass is 335 g/mol. The summed E-state index contributed by atoms with van der Waals surface area (Å²) in [5.74, 6) is 0.416.